The molecule has 1 rings (SSSR count). The lowest BCUT2D eigenvalue weighted by molar-refractivity contribution is -0.142. The van der Waals surface area contributed by atoms with Gasteiger partial charge in [-0.25, -0.2) is 0 Å². The number of esters is 1. The molecule has 3 nitrogen and oxygen atoms in total. The molecule has 13 heavy (non-hydrogen) atoms. The van der Waals surface area contributed by atoms with Crippen LogP contribution >= 0.6 is 0 Å². The Hall–Kier alpha value is -0.830. The maximum Gasteiger partial charge on any atom is 0.322 e. The van der Waals surface area contributed by atoms with E-state index in [4.69, 9.17) is 0 Å². The average Bonchev–Trinajstić information content (AvgIpc) is 2.18. The van der Waals surface area contributed by atoms with E-state index >= 15 is 0 Å². The van der Waals surface area contributed by atoms with Gasteiger partial charge in [-0.2, -0.15) is 0 Å². The summed E-state index contributed by atoms with van der Waals surface area (Å²) < 4.78 is 4.63. The third-order valence-corrected chi connectivity index (χ3v) is 2.31. The molecule has 1 N–H and O–H groups in total. The van der Waals surface area contributed by atoms with Crippen molar-refractivity contribution in [3.63, 3.8) is 0 Å². The van der Waals surface area contributed by atoms with Gasteiger partial charge in [0, 0.05) is 6.04 Å². The van der Waals surface area contributed by atoms with E-state index in [1.807, 2.05) is 6.92 Å². The van der Waals surface area contributed by atoms with Gasteiger partial charge in [-0.15, -0.1) is 0 Å². The van der Waals surface area contributed by atoms with Gasteiger partial charge in [-0.3, -0.25) is 4.79 Å². The molecule has 0 saturated heterocycles. The molecule has 3 heteroatoms. The average molecular weight is 183 g/mol. The molecular formula is C10H17NO2. The molecule has 0 saturated carbocycles. The van der Waals surface area contributed by atoms with Crippen LogP contribution in [0, 0.1) is 0 Å². The summed E-state index contributed by atoms with van der Waals surface area (Å²) in [7, 11) is 1.42. The van der Waals surface area contributed by atoms with E-state index in [-0.39, 0.29) is 12.0 Å². The summed E-state index contributed by atoms with van der Waals surface area (Å²) >= 11 is 0. The second-order valence-corrected chi connectivity index (χ2v) is 3.39. The lowest BCUT2D eigenvalue weighted by Gasteiger charge is -2.22. The molecule has 0 spiro atoms. The molecule has 0 amide bonds. The topological polar surface area (TPSA) is 38.3 Å². The van der Waals surface area contributed by atoms with Gasteiger partial charge >= 0.3 is 5.97 Å². The Morgan fingerprint density at radius 3 is 2.92 bits per heavy atom. The Labute approximate surface area is 79.2 Å². The smallest absolute Gasteiger partial charge is 0.322 e. The number of ether oxygens (including phenoxy) is 1. The Morgan fingerprint density at radius 2 is 2.38 bits per heavy atom. The molecule has 0 aromatic carbocycles. The fraction of sp³-hybridized carbons (Fsp3) is 0.700. The van der Waals surface area contributed by atoms with Crippen molar-refractivity contribution in [2.75, 3.05) is 7.11 Å². The molecule has 0 aromatic heterocycles. The monoisotopic (exact) mass is 183 g/mol. The summed E-state index contributed by atoms with van der Waals surface area (Å²) in [5, 5.41) is 3.24. The molecule has 0 aromatic rings. The van der Waals surface area contributed by atoms with Gasteiger partial charge in [0.1, 0.15) is 6.04 Å². The Kier molecular flexibility index (Phi) is 3.96. The number of carbonyl (C=O) groups excluding carboxylic acids is 1. The summed E-state index contributed by atoms with van der Waals surface area (Å²) in [6.07, 6.45) is 7.57. The van der Waals surface area contributed by atoms with Crippen LogP contribution in [0.5, 0.6) is 0 Å². The molecule has 0 aliphatic heterocycles. The SMILES string of the molecule is COC(=O)C(C)NC1CC=CCC1. The third-order valence-electron chi connectivity index (χ3n) is 2.31. The number of hydrogen-bond donors (Lipinski definition) is 1. The van der Waals surface area contributed by atoms with Gasteiger partial charge in [0.15, 0.2) is 0 Å². The second-order valence-electron chi connectivity index (χ2n) is 3.39. The van der Waals surface area contributed by atoms with Crippen LogP contribution in [0.1, 0.15) is 26.2 Å². The maximum atomic E-state index is 11.1. The van der Waals surface area contributed by atoms with Crippen LogP contribution in [-0.2, 0) is 9.53 Å². The predicted molar refractivity (Wildman–Crippen MR) is 51.4 cm³/mol. The first-order valence-corrected chi connectivity index (χ1v) is 4.73. The molecule has 0 fully saturated rings. The number of nitrogens with one attached hydrogen (secondary N) is 1. The summed E-state index contributed by atoms with van der Waals surface area (Å²) in [5.41, 5.74) is 0. The van der Waals surface area contributed by atoms with E-state index in [0.29, 0.717) is 6.04 Å². The summed E-state index contributed by atoms with van der Waals surface area (Å²) in [5.74, 6) is -0.186. The molecule has 0 bridgehead atoms. The summed E-state index contributed by atoms with van der Waals surface area (Å²) in [6, 6.07) is 0.237. The van der Waals surface area contributed by atoms with Crippen molar-refractivity contribution in [3.8, 4) is 0 Å². The highest BCUT2D eigenvalue weighted by molar-refractivity contribution is 5.75. The number of hydrogen-bond acceptors (Lipinski definition) is 3. The summed E-state index contributed by atoms with van der Waals surface area (Å²) in [4.78, 5) is 11.1. The number of methoxy groups -OCH3 is 1. The number of allylic oxidation sites excluding steroid dienone is 1. The van der Waals surface area contributed by atoms with E-state index in [0.717, 1.165) is 19.3 Å². The van der Waals surface area contributed by atoms with Crippen molar-refractivity contribution in [1.29, 1.82) is 0 Å². The minimum Gasteiger partial charge on any atom is -0.468 e. The molecule has 1 aliphatic rings. The molecule has 1 aliphatic carbocycles. The quantitative estimate of drug-likeness (QED) is 0.528. The zero-order valence-corrected chi connectivity index (χ0v) is 8.25. The van der Waals surface area contributed by atoms with E-state index in [1.165, 1.54) is 7.11 Å². The standard InChI is InChI=1S/C10H17NO2/c1-8(10(12)13-2)11-9-6-4-3-5-7-9/h3-4,8-9,11H,5-7H2,1-2H3. The third kappa shape index (κ3) is 3.19. The van der Waals surface area contributed by atoms with Crippen LogP contribution in [0.25, 0.3) is 0 Å². The largest absolute Gasteiger partial charge is 0.468 e. The summed E-state index contributed by atoms with van der Waals surface area (Å²) in [6.45, 7) is 1.84. The van der Waals surface area contributed by atoms with Crippen LogP contribution in [0.4, 0.5) is 0 Å². The lowest BCUT2D eigenvalue weighted by Crippen LogP contribution is -2.42. The van der Waals surface area contributed by atoms with Crippen molar-refractivity contribution in [2.24, 2.45) is 0 Å². The number of rotatable bonds is 3. The van der Waals surface area contributed by atoms with Crippen LogP contribution in [0.2, 0.25) is 0 Å². The Balaban J connectivity index is 2.30. The second kappa shape index (κ2) is 5.02. The van der Waals surface area contributed by atoms with Crippen LogP contribution in [-0.4, -0.2) is 25.2 Å². The van der Waals surface area contributed by atoms with Gasteiger partial charge in [0.05, 0.1) is 7.11 Å². The van der Waals surface area contributed by atoms with Crippen molar-refractivity contribution in [1.82, 2.24) is 5.32 Å². The van der Waals surface area contributed by atoms with Crippen molar-refractivity contribution in [3.05, 3.63) is 12.2 Å². The van der Waals surface area contributed by atoms with Gasteiger partial charge in [-0.05, 0) is 26.2 Å². The first-order chi connectivity index (χ1) is 6.24. The van der Waals surface area contributed by atoms with Crippen LogP contribution in [0.15, 0.2) is 12.2 Å². The van der Waals surface area contributed by atoms with Crippen molar-refractivity contribution >= 4 is 5.97 Å². The highest BCUT2D eigenvalue weighted by atomic mass is 16.5. The minimum absolute atomic E-state index is 0.186. The normalized spacial score (nSPS) is 24.0. The van der Waals surface area contributed by atoms with E-state index in [1.54, 1.807) is 0 Å². The molecule has 0 heterocycles. The fourth-order valence-electron chi connectivity index (χ4n) is 1.54. The highest BCUT2D eigenvalue weighted by Gasteiger charge is 2.17. The predicted octanol–water partition coefficient (Wildman–Crippen LogP) is 1.25. The zero-order chi connectivity index (χ0) is 9.68. The Morgan fingerprint density at radius 1 is 1.62 bits per heavy atom. The Bertz CT molecular complexity index is 201. The lowest BCUT2D eigenvalue weighted by atomic mass is 10.0. The minimum atomic E-state index is -0.193. The van der Waals surface area contributed by atoms with Crippen LogP contribution in [0.3, 0.4) is 0 Å². The van der Waals surface area contributed by atoms with Gasteiger partial charge in [0.2, 0.25) is 0 Å². The number of carbonyl (C=O) groups is 1. The molecule has 2 unspecified atom stereocenters. The van der Waals surface area contributed by atoms with Crippen molar-refractivity contribution in [2.45, 2.75) is 38.3 Å². The zero-order valence-electron chi connectivity index (χ0n) is 8.25. The van der Waals surface area contributed by atoms with Gasteiger partial charge in [-0.1, -0.05) is 12.2 Å². The molecule has 2 atom stereocenters. The van der Waals surface area contributed by atoms with Crippen molar-refractivity contribution < 1.29 is 9.53 Å². The molecule has 0 radical (unpaired) electrons. The molecular weight excluding hydrogens is 166 g/mol. The maximum absolute atomic E-state index is 11.1. The van der Waals surface area contributed by atoms with E-state index in [9.17, 15) is 4.79 Å². The first-order valence-electron chi connectivity index (χ1n) is 4.73. The van der Waals surface area contributed by atoms with Gasteiger partial charge in [0.25, 0.3) is 0 Å². The highest BCUT2D eigenvalue weighted by Crippen LogP contribution is 2.11. The van der Waals surface area contributed by atoms with Gasteiger partial charge < -0.3 is 10.1 Å². The van der Waals surface area contributed by atoms with E-state index in [2.05, 4.69) is 22.2 Å². The van der Waals surface area contributed by atoms with Crippen LogP contribution < -0.4 is 5.32 Å². The first kappa shape index (κ1) is 10.3. The molecule has 74 valence electrons. The van der Waals surface area contributed by atoms with E-state index < -0.39 is 0 Å². The fourth-order valence-corrected chi connectivity index (χ4v) is 1.54.